The van der Waals surface area contributed by atoms with Crippen LogP contribution >= 0.6 is 23.1 Å². The number of nitrogens with one attached hydrogen (secondary N) is 1. The number of hydrogen-bond acceptors (Lipinski definition) is 5. The van der Waals surface area contributed by atoms with Crippen LogP contribution in [0.2, 0.25) is 0 Å². The van der Waals surface area contributed by atoms with Crippen LogP contribution < -0.4 is 5.32 Å². The van der Waals surface area contributed by atoms with Crippen molar-refractivity contribution in [2.75, 3.05) is 24.8 Å². The zero-order valence-electron chi connectivity index (χ0n) is 14.0. The number of ether oxygens (including phenoxy) is 1. The first kappa shape index (κ1) is 18.4. The van der Waals surface area contributed by atoms with Gasteiger partial charge in [-0.1, -0.05) is 6.07 Å². The third-order valence-electron chi connectivity index (χ3n) is 4.47. The first-order valence-electron chi connectivity index (χ1n) is 8.29. The van der Waals surface area contributed by atoms with Gasteiger partial charge in [0.25, 0.3) is 0 Å². The Labute approximate surface area is 155 Å². The van der Waals surface area contributed by atoms with E-state index in [4.69, 9.17) is 4.74 Å². The molecule has 4 nitrogen and oxygen atoms in total. The number of rotatable bonds is 6. The minimum absolute atomic E-state index is 0.127. The van der Waals surface area contributed by atoms with Gasteiger partial charge in [-0.2, -0.15) is 0 Å². The fourth-order valence-corrected chi connectivity index (χ4v) is 4.08. The van der Waals surface area contributed by atoms with Gasteiger partial charge in [-0.3, -0.25) is 4.79 Å². The Morgan fingerprint density at radius 2 is 2.28 bits per heavy atom. The van der Waals surface area contributed by atoms with Crippen LogP contribution in [-0.4, -0.2) is 30.4 Å². The average molecular weight is 381 g/mol. The monoisotopic (exact) mass is 380 g/mol. The van der Waals surface area contributed by atoms with Gasteiger partial charge in [0.2, 0.25) is 5.91 Å². The number of aromatic nitrogens is 1. The van der Waals surface area contributed by atoms with Crippen molar-refractivity contribution in [3.05, 3.63) is 41.2 Å². The molecule has 1 amide bonds. The fraction of sp³-hybridized carbons (Fsp3) is 0.444. The number of amides is 1. The second-order valence-corrected chi connectivity index (χ2v) is 7.81. The van der Waals surface area contributed by atoms with E-state index in [1.54, 1.807) is 12.3 Å². The van der Waals surface area contributed by atoms with Crippen LogP contribution in [0.15, 0.2) is 34.7 Å². The van der Waals surface area contributed by atoms with Crippen LogP contribution in [0.5, 0.6) is 0 Å². The van der Waals surface area contributed by atoms with Crippen molar-refractivity contribution >= 4 is 34.1 Å². The van der Waals surface area contributed by atoms with Crippen LogP contribution in [0.1, 0.15) is 30.7 Å². The standard InChI is InChI=1S/C18H21FN2O2S2/c1-24-16-3-2-13(11-15(16)19)14(10-12-4-7-23-8-5-12)17(22)21-18-20-6-9-25-18/h2-3,6,9,11-12,14H,4-5,7-8,10H2,1H3,(H,20,21,22). The van der Waals surface area contributed by atoms with Gasteiger partial charge in [0, 0.05) is 29.7 Å². The van der Waals surface area contributed by atoms with Crippen molar-refractivity contribution < 1.29 is 13.9 Å². The molecule has 1 aromatic carbocycles. The predicted molar refractivity (Wildman–Crippen MR) is 99.8 cm³/mol. The minimum Gasteiger partial charge on any atom is -0.381 e. The van der Waals surface area contributed by atoms with Crippen molar-refractivity contribution in [1.29, 1.82) is 0 Å². The zero-order valence-corrected chi connectivity index (χ0v) is 15.7. The number of anilines is 1. The van der Waals surface area contributed by atoms with Gasteiger partial charge >= 0.3 is 0 Å². The van der Waals surface area contributed by atoms with Gasteiger partial charge in [0.1, 0.15) is 5.82 Å². The molecule has 0 saturated carbocycles. The van der Waals surface area contributed by atoms with Gasteiger partial charge < -0.3 is 10.1 Å². The SMILES string of the molecule is CSc1ccc(C(CC2CCOCC2)C(=O)Nc2nccs2)cc1F. The summed E-state index contributed by atoms with van der Waals surface area (Å²) in [7, 11) is 0. The summed E-state index contributed by atoms with van der Waals surface area (Å²) >= 11 is 2.74. The molecule has 1 aliphatic heterocycles. The van der Waals surface area contributed by atoms with E-state index in [2.05, 4.69) is 10.3 Å². The Bertz CT molecular complexity index is 703. The van der Waals surface area contributed by atoms with Crippen LogP contribution in [-0.2, 0) is 9.53 Å². The molecule has 0 aliphatic carbocycles. The van der Waals surface area contributed by atoms with E-state index in [1.807, 2.05) is 17.7 Å². The molecule has 0 bridgehead atoms. The van der Waals surface area contributed by atoms with E-state index < -0.39 is 5.92 Å². The van der Waals surface area contributed by atoms with Crippen LogP contribution in [0.3, 0.4) is 0 Å². The van der Waals surface area contributed by atoms with Gasteiger partial charge in [0.05, 0.1) is 5.92 Å². The second-order valence-electron chi connectivity index (χ2n) is 6.06. The maximum Gasteiger partial charge on any atom is 0.233 e. The molecular formula is C18H21FN2O2S2. The van der Waals surface area contributed by atoms with Crippen LogP contribution in [0, 0.1) is 11.7 Å². The van der Waals surface area contributed by atoms with Crippen LogP contribution in [0.4, 0.5) is 9.52 Å². The van der Waals surface area contributed by atoms with Crippen molar-refractivity contribution in [3.63, 3.8) is 0 Å². The van der Waals surface area contributed by atoms with Gasteiger partial charge in [0.15, 0.2) is 5.13 Å². The Morgan fingerprint density at radius 1 is 1.48 bits per heavy atom. The first-order valence-corrected chi connectivity index (χ1v) is 10.4. The second kappa shape index (κ2) is 8.78. The molecule has 134 valence electrons. The highest BCUT2D eigenvalue weighted by Gasteiger charge is 2.27. The summed E-state index contributed by atoms with van der Waals surface area (Å²) in [5.74, 6) is -0.386. The van der Waals surface area contributed by atoms with E-state index in [1.165, 1.54) is 29.2 Å². The number of hydrogen-bond donors (Lipinski definition) is 1. The molecule has 0 radical (unpaired) electrons. The lowest BCUT2D eigenvalue weighted by Gasteiger charge is -2.26. The smallest absolute Gasteiger partial charge is 0.233 e. The molecule has 7 heteroatoms. The highest BCUT2D eigenvalue weighted by molar-refractivity contribution is 7.98. The molecule has 1 unspecified atom stereocenters. The summed E-state index contributed by atoms with van der Waals surface area (Å²) in [6.07, 6.45) is 6.06. The van der Waals surface area contributed by atoms with Gasteiger partial charge in [-0.15, -0.1) is 23.1 Å². The molecule has 1 N–H and O–H groups in total. The number of nitrogens with zero attached hydrogens (tertiary/aromatic N) is 1. The highest BCUT2D eigenvalue weighted by atomic mass is 32.2. The van der Waals surface area contributed by atoms with E-state index in [9.17, 15) is 9.18 Å². The van der Waals surface area contributed by atoms with Crippen molar-refractivity contribution in [2.45, 2.75) is 30.1 Å². The van der Waals surface area contributed by atoms with Gasteiger partial charge in [-0.05, 0) is 49.1 Å². The number of carbonyl (C=O) groups excluding carboxylic acids is 1. The molecule has 2 heterocycles. The molecule has 0 spiro atoms. The molecule has 1 atom stereocenters. The molecule has 25 heavy (non-hydrogen) atoms. The number of benzene rings is 1. The molecule has 3 rings (SSSR count). The van der Waals surface area contributed by atoms with Crippen molar-refractivity contribution in [1.82, 2.24) is 4.98 Å². The molecule has 2 aromatic rings. The minimum atomic E-state index is -0.391. The molecule has 1 aliphatic rings. The molecule has 1 fully saturated rings. The Hall–Kier alpha value is -1.44. The summed E-state index contributed by atoms with van der Waals surface area (Å²) in [5.41, 5.74) is 0.718. The lowest BCUT2D eigenvalue weighted by molar-refractivity contribution is -0.118. The van der Waals surface area contributed by atoms with E-state index in [-0.39, 0.29) is 11.7 Å². The molecule has 1 aromatic heterocycles. The Kier molecular flexibility index (Phi) is 6.45. The third-order valence-corrected chi connectivity index (χ3v) is 5.93. The average Bonchev–Trinajstić information content (AvgIpc) is 3.13. The number of thiazole rings is 1. The molecular weight excluding hydrogens is 359 g/mol. The topological polar surface area (TPSA) is 51.2 Å². The van der Waals surface area contributed by atoms with Crippen molar-refractivity contribution in [2.24, 2.45) is 5.92 Å². The quantitative estimate of drug-likeness (QED) is 0.748. The number of carbonyl (C=O) groups is 1. The lowest BCUT2D eigenvalue weighted by Crippen LogP contribution is -2.26. The Balaban J connectivity index is 1.82. The van der Waals surface area contributed by atoms with Gasteiger partial charge in [-0.25, -0.2) is 9.37 Å². The van der Waals surface area contributed by atoms with Crippen molar-refractivity contribution in [3.8, 4) is 0 Å². The maximum atomic E-state index is 14.2. The van der Waals surface area contributed by atoms with E-state index in [0.29, 0.717) is 22.4 Å². The normalized spacial score (nSPS) is 16.6. The van der Waals surface area contributed by atoms with Crippen LogP contribution in [0.25, 0.3) is 0 Å². The first-order chi connectivity index (χ1) is 12.2. The summed E-state index contributed by atoms with van der Waals surface area (Å²) < 4.78 is 19.7. The predicted octanol–water partition coefficient (Wildman–Crippen LogP) is 4.54. The molecule has 1 saturated heterocycles. The van der Waals surface area contributed by atoms with E-state index in [0.717, 1.165) is 31.6 Å². The lowest BCUT2D eigenvalue weighted by atomic mass is 9.84. The maximum absolute atomic E-state index is 14.2. The van der Waals surface area contributed by atoms with E-state index >= 15 is 0 Å². The summed E-state index contributed by atoms with van der Waals surface area (Å²) in [6.45, 7) is 1.45. The summed E-state index contributed by atoms with van der Waals surface area (Å²) in [5, 5.41) is 5.26. The number of halogens is 1. The third kappa shape index (κ3) is 4.80. The number of thioether (sulfide) groups is 1. The summed E-state index contributed by atoms with van der Waals surface area (Å²) in [6, 6.07) is 5.11. The highest BCUT2D eigenvalue weighted by Crippen LogP contribution is 2.32. The largest absolute Gasteiger partial charge is 0.381 e. The fourth-order valence-electron chi connectivity index (χ4n) is 3.09. The summed E-state index contributed by atoms with van der Waals surface area (Å²) in [4.78, 5) is 17.6. The zero-order chi connectivity index (χ0) is 17.6. The Morgan fingerprint density at radius 3 is 2.92 bits per heavy atom.